The van der Waals surface area contributed by atoms with E-state index in [2.05, 4.69) is 6.07 Å². The Morgan fingerprint density at radius 3 is 2.55 bits per heavy atom. The normalized spacial score (nSPS) is 10.3. The molecule has 0 saturated carbocycles. The molecule has 0 amide bonds. The Balaban J connectivity index is 2.20. The van der Waals surface area contributed by atoms with E-state index < -0.39 is 5.97 Å². The third-order valence-corrected chi connectivity index (χ3v) is 3.22. The molecule has 0 saturated heterocycles. The van der Waals surface area contributed by atoms with Crippen LogP contribution in [0.15, 0.2) is 54.7 Å². The average molecular weight is 262 g/mol. The maximum atomic E-state index is 10.9. The van der Waals surface area contributed by atoms with Gasteiger partial charge in [-0.15, -0.1) is 0 Å². The lowest BCUT2D eigenvalue weighted by Crippen LogP contribution is -1.95. The number of nitriles is 1. The van der Waals surface area contributed by atoms with Gasteiger partial charge in [0.2, 0.25) is 0 Å². The first-order valence-electron chi connectivity index (χ1n) is 6.04. The van der Waals surface area contributed by atoms with Crippen LogP contribution in [0.25, 0.3) is 16.8 Å². The van der Waals surface area contributed by atoms with Crippen molar-refractivity contribution in [2.75, 3.05) is 0 Å². The van der Waals surface area contributed by atoms with Crippen molar-refractivity contribution in [3.05, 3.63) is 65.9 Å². The molecule has 0 bridgehead atoms. The van der Waals surface area contributed by atoms with Crippen LogP contribution in [0.5, 0.6) is 0 Å². The van der Waals surface area contributed by atoms with Crippen molar-refractivity contribution in [1.29, 1.82) is 5.26 Å². The van der Waals surface area contributed by atoms with Gasteiger partial charge in [0, 0.05) is 6.20 Å². The Morgan fingerprint density at radius 1 is 1.15 bits per heavy atom. The quantitative estimate of drug-likeness (QED) is 0.771. The molecule has 0 unspecified atom stereocenters. The van der Waals surface area contributed by atoms with Gasteiger partial charge in [-0.1, -0.05) is 18.2 Å². The maximum absolute atomic E-state index is 10.9. The first-order chi connectivity index (χ1) is 9.70. The first-order valence-corrected chi connectivity index (χ1v) is 6.04. The van der Waals surface area contributed by atoms with Gasteiger partial charge < -0.3 is 9.51 Å². The standard InChI is InChI=1S/C16H10N2O2/c17-10-13-9-15(18-8-2-1-3-14(13)18)11-4-6-12(7-5-11)16(19)20/h1-9H,(H,19,20). The van der Waals surface area contributed by atoms with Gasteiger partial charge in [0.25, 0.3) is 0 Å². The molecular formula is C16H10N2O2. The van der Waals surface area contributed by atoms with Crippen LogP contribution in [-0.2, 0) is 0 Å². The Kier molecular flexibility index (Phi) is 2.73. The molecule has 1 N–H and O–H groups in total. The van der Waals surface area contributed by atoms with Gasteiger partial charge in [-0.05, 0) is 35.9 Å². The number of hydrogen-bond donors (Lipinski definition) is 1. The SMILES string of the molecule is N#Cc1cc(-c2ccc(C(=O)O)cc2)n2ccccc12. The van der Waals surface area contributed by atoms with E-state index in [4.69, 9.17) is 5.11 Å². The smallest absolute Gasteiger partial charge is 0.335 e. The molecule has 1 aromatic carbocycles. The summed E-state index contributed by atoms with van der Waals surface area (Å²) in [4.78, 5) is 10.9. The van der Waals surface area contributed by atoms with Crippen LogP contribution < -0.4 is 0 Å². The third kappa shape index (κ3) is 1.82. The summed E-state index contributed by atoms with van der Waals surface area (Å²) < 4.78 is 1.92. The van der Waals surface area contributed by atoms with Gasteiger partial charge in [-0.3, -0.25) is 0 Å². The Hall–Kier alpha value is -3.06. The van der Waals surface area contributed by atoms with Crippen molar-refractivity contribution in [3.8, 4) is 17.3 Å². The van der Waals surface area contributed by atoms with Crippen LogP contribution in [0, 0.1) is 11.3 Å². The largest absolute Gasteiger partial charge is 0.478 e. The number of carboxylic acid groups (broad SMARTS) is 1. The van der Waals surface area contributed by atoms with E-state index in [1.165, 1.54) is 0 Å². The zero-order chi connectivity index (χ0) is 14.1. The van der Waals surface area contributed by atoms with E-state index >= 15 is 0 Å². The number of rotatable bonds is 2. The van der Waals surface area contributed by atoms with Crippen molar-refractivity contribution in [3.63, 3.8) is 0 Å². The Bertz CT molecular complexity index is 839. The molecule has 4 nitrogen and oxygen atoms in total. The predicted molar refractivity (Wildman–Crippen MR) is 74.5 cm³/mol. The number of nitrogens with zero attached hydrogens (tertiary/aromatic N) is 2. The molecular weight excluding hydrogens is 252 g/mol. The minimum absolute atomic E-state index is 0.245. The number of pyridine rings is 1. The molecule has 2 aromatic heterocycles. The number of carbonyl (C=O) groups is 1. The summed E-state index contributed by atoms with van der Waals surface area (Å²) in [5.41, 5.74) is 3.43. The van der Waals surface area contributed by atoms with Gasteiger partial charge in [-0.2, -0.15) is 5.26 Å². The van der Waals surface area contributed by atoms with Crippen LogP contribution in [-0.4, -0.2) is 15.5 Å². The van der Waals surface area contributed by atoms with Crippen molar-refractivity contribution in [1.82, 2.24) is 4.40 Å². The predicted octanol–water partition coefficient (Wildman–Crippen LogP) is 3.18. The third-order valence-electron chi connectivity index (χ3n) is 3.22. The van der Waals surface area contributed by atoms with Crippen LogP contribution in [0.4, 0.5) is 0 Å². The molecule has 0 aliphatic heterocycles. The van der Waals surface area contributed by atoms with Gasteiger partial charge >= 0.3 is 5.97 Å². The summed E-state index contributed by atoms with van der Waals surface area (Å²) in [6.45, 7) is 0. The molecule has 2 heterocycles. The van der Waals surface area contributed by atoms with Gasteiger partial charge in [-0.25, -0.2) is 4.79 Å². The summed E-state index contributed by atoms with van der Waals surface area (Å²) in [6.07, 6.45) is 1.89. The molecule has 4 heteroatoms. The molecule has 0 aliphatic rings. The van der Waals surface area contributed by atoms with E-state index in [9.17, 15) is 10.1 Å². The molecule has 3 aromatic rings. The van der Waals surface area contributed by atoms with E-state index in [0.29, 0.717) is 5.56 Å². The molecule has 0 spiro atoms. The lowest BCUT2D eigenvalue weighted by Gasteiger charge is -2.03. The number of aromatic carboxylic acids is 1. The van der Waals surface area contributed by atoms with Crippen molar-refractivity contribution >= 4 is 11.5 Å². The topological polar surface area (TPSA) is 65.5 Å². The number of carboxylic acids is 1. The van der Waals surface area contributed by atoms with Crippen molar-refractivity contribution < 1.29 is 9.90 Å². The van der Waals surface area contributed by atoms with Crippen LogP contribution in [0.3, 0.4) is 0 Å². The maximum Gasteiger partial charge on any atom is 0.335 e. The molecule has 20 heavy (non-hydrogen) atoms. The fourth-order valence-electron chi connectivity index (χ4n) is 2.25. The highest BCUT2D eigenvalue weighted by Crippen LogP contribution is 2.26. The lowest BCUT2D eigenvalue weighted by molar-refractivity contribution is 0.0697. The van der Waals surface area contributed by atoms with E-state index in [1.807, 2.05) is 34.9 Å². The highest BCUT2D eigenvalue weighted by molar-refractivity contribution is 5.88. The zero-order valence-electron chi connectivity index (χ0n) is 10.4. The molecule has 0 radical (unpaired) electrons. The number of aromatic nitrogens is 1. The molecule has 96 valence electrons. The summed E-state index contributed by atoms with van der Waals surface area (Å²) in [5, 5.41) is 18.1. The molecule has 3 rings (SSSR count). The van der Waals surface area contributed by atoms with Crippen molar-refractivity contribution in [2.45, 2.75) is 0 Å². The fraction of sp³-hybridized carbons (Fsp3) is 0. The zero-order valence-corrected chi connectivity index (χ0v) is 10.4. The van der Waals surface area contributed by atoms with E-state index in [-0.39, 0.29) is 5.56 Å². The minimum atomic E-state index is -0.950. The average Bonchev–Trinajstić information content (AvgIpc) is 2.86. The molecule has 0 atom stereocenters. The highest BCUT2D eigenvalue weighted by atomic mass is 16.4. The Morgan fingerprint density at radius 2 is 1.90 bits per heavy atom. The minimum Gasteiger partial charge on any atom is -0.478 e. The summed E-state index contributed by atoms with van der Waals surface area (Å²) >= 11 is 0. The van der Waals surface area contributed by atoms with Crippen LogP contribution in [0.1, 0.15) is 15.9 Å². The lowest BCUT2D eigenvalue weighted by atomic mass is 10.1. The van der Waals surface area contributed by atoms with Gasteiger partial charge in [0.1, 0.15) is 6.07 Å². The number of fused-ring (bicyclic) bond motifs is 1. The van der Waals surface area contributed by atoms with E-state index in [1.54, 1.807) is 24.3 Å². The van der Waals surface area contributed by atoms with Gasteiger partial charge in [0.05, 0.1) is 22.3 Å². The van der Waals surface area contributed by atoms with E-state index in [0.717, 1.165) is 16.8 Å². The van der Waals surface area contributed by atoms with Crippen LogP contribution >= 0.6 is 0 Å². The molecule has 0 aliphatic carbocycles. The summed E-state index contributed by atoms with van der Waals surface area (Å²) in [6, 6.07) is 16.3. The van der Waals surface area contributed by atoms with Gasteiger partial charge in [0.15, 0.2) is 0 Å². The fourth-order valence-corrected chi connectivity index (χ4v) is 2.25. The summed E-state index contributed by atoms with van der Waals surface area (Å²) in [7, 11) is 0. The summed E-state index contributed by atoms with van der Waals surface area (Å²) in [5.74, 6) is -0.950. The second-order valence-corrected chi connectivity index (χ2v) is 4.39. The first kappa shape index (κ1) is 12.0. The highest BCUT2D eigenvalue weighted by Gasteiger charge is 2.10. The van der Waals surface area contributed by atoms with Crippen molar-refractivity contribution in [2.24, 2.45) is 0 Å². The van der Waals surface area contributed by atoms with Crippen LogP contribution in [0.2, 0.25) is 0 Å². The number of benzene rings is 1. The monoisotopic (exact) mass is 262 g/mol. The second kappa shape index (κ2) is 4.56. The Labute approximate surface area is 115 Å². The number of hydrogen-bond acceptors (Lipinski definition) is 2. The molecule has 0 fully saturated rings. The second-order valence-electron chi connectivity index (χ2n) is 4.39.